The van der Waals surface area contributed by atoms with Crippen LogP contribution in [0.4, 0.5) is 5.69 Å². The van der Waals surface area contributed by atoms with Crippen LogP contribution in [0.1, 0.15) is 12.5 Å². The van der Waals surface area contributed by atoms with Gasteiger partial charge in [0.05, 0.1) is 21.9 Å². The van der Waals surface area contributed by atoms with Crippen LogP contribution in [-0.2, 0) is 18.6 Å². The molecule has 3 atom stereocenters. The SMILES string of the molecule is C=S1CC(SOC(C)=O)=C(C(=O)O)N2C(=O)[C@@H](N=Cc3ccc([N+](=O)[O-])cc3)[C@H]21. The van der Waals surface area contributed by atoms with E-state index < -0.39 is 44.7 Å². The van der Waals surface area contributed by atoms with Crippen molar-refractivity contribution in [2.75, 3.05) is 5.75 Å². The van der Waals surface area contributed by atoms with Gasteiger partial charge in [-0.2, -0.15) is 10.5 Å². The lowest BCUT2D eigenvalue weighted by Gasteiger charge is -2.49. The second kappa shape index (κ2) is 8.17. The van der Waals surface area contributed by atoms with Crippen molar-refractivity contribution < 1.29 is 28.6 Å². The number of rotatable bonds is 6. The number of β-lactam (4-membered cyclic amide) rings is 1. The molecule has 10 nitrogen and oxygen atoms in total. The van der Waals surface area contributed by atoms with Crippen LogP contribution in [0, 0.1) is 10.1 Å². The molecule has 0 saturated carbocycles. The lowest BCUT2D eigenvalue weighted by molar-refractivity contribution is -0.384. The van der Waals surface area contributed by atoms with Crippen LogP contribution in [0.5, 0.6) is 0 Å². The maximum absolute atomic E-state index is 12.6. The van der Waals surface area contributed by atoms with Gasteiger partial charge in [0, 0.05) is 31.0 Å². The lowest BCUT2D eigenvalue weighted by Crippen LogP contribution is -2.64. The molecule has 0 aliphatic carbocycles. The second-order valence-corrected chi connectivity index (χ2v) is 8.76. The molecular weight excluding hydrogens is 422 g/mol. The zero-order valence-electron chi connectivity index (χ0n) is 15.0. The van der Waals surface area contributed by atoms with E-state index in [-0.39, 0.29) is 22.0 Å². The Morgan fingerprint density at radius 2 is 2.10 bits per heavy atom. The van der Waals surface area contributed by atoms with Crippen LogP contribution in [-0.4, -0.2) is 62.0 Å². The van der Waals surface area contributed by atoms with Crippen molar-refractivity contribution in [2.24, 2.45) is 4.99 Å². The van der Waals surface area contributed by atoms with Gasteiger partial charge in [0.25, 0.3) is 11.6 Å². The summed E-state index contributed by atoms with van der Waals surface area (Å²) in [5.74, 6) is 1.90. The molecule has 1 saturated heterocycles. The lowest BCUT2D eigenvalue weighted by atomic mass is 10.1. The average molecular weight is 437 g/mol. The summed E-state index contributed by atoms with van der Waals surface area (Å²) >= 11 is 0.631. The first kappa shape index (κ1) is 20.7. The first-order chi connectivity index (χ1) is 13.7. The van der Waals surface area contributed by atoms with E-state index in [1.165, 1.54) is 37.4 Å². The molecule has 0 radical (unpaired) electrons. The summed E-state index contributed by atoms with van der Waals surface area (Å²) in [6, 6.07) is 4.87. The minimum atomic E-state index is -1.30. The third kappa shape index (κ3) is 4.07. The Morgan fingerprint density at radius 3 is 2.66 bits per heavy atom. The molecule has 2 heterocycles. The van der Waals surface area contributed by atoms with Crippen molar-refractivity contribution >= 4 is 58.1 Å². The molecule has 29 heavy (non-hydrogen) atoms. The fourth-order valence-electron chi connectivity index (χ4n) is 2.85. The highest BCUT2D eigenvalue weighted by atomic mass is 32.2. The largest absolute Gasteiger partial charge is 0.477 e. The molecule has 1 aromatic carbocycles. The number of fused-ring (bicyclic) bond motifs is 1. The molecule has 1 amide bonds. The van der Waals surface area contributed by atoms with Gasteiger partial charge in [-0.1, -0.05) is 5.87 Å². The first-order valence-electron chi connectivity index (χ1n) is 8.12. The van der Waals surface area contributed by atoms with Crippen LogP contribution >= 0.6 is 22.5 Å². The maximum atomic E-state index is 12.6. The maximum Gasteiger partial charge on any atom is 0.353 e. The van der Waals surface area contributed by atoms with E-state index >= 15 is 0 Å². The van der Waals surface area contributed by atoms with Gasteiger partial charge in [0.2, 0.25) is 0 Å². The van der Waals surface area contributed by atoms with Gasteiger partial charge in [0.1, 0.15) is 11.1 Å². The van der Waals surface area contributed by atoms with Gasteiger partial charge < -0.3 is 9.29 Å². The standard InChI is InChI=1S/C17H15N3O7S2/c1-9(21)27-28-12-8-29(2)16-13(15(22)19(16)14(12)17(23)24)18-7-10-3-5-11(6-4-10)20(25)26/h3-7,13,16H,2,8H2,1H3,(H,23,24)/t13-,16-,29?/m1/s1. The van der Waals surface area contributed by atoms with Gasteiger partial charge in [0.15, 0.2) is 6.04 Å². The molecule has 0 spiro atoms. The predicted molar refractivity (Wildman–Crippen MR) is 109 cm³/mol. The molecule has 1 N–H and O–H groups in total. The number of amides is 1. The summed E-state index contributed by atoms with van der Waals surface area (Å²) in [6.45, 7) is 1.20. The number of aliphatic imine (C=N–C) groups is 1. The Bertz CT molecular complexity index is 987. The number of hydrogen-bond acceptors (Lipinski definition) is 8. The molecule has 2 aliphatic heterocycles. The Balaban J connectivity index is 1.82. The monoisotopic (exact) mass is 437 g/mol. The minimum absolute atomic E-state index is 0.0614. The molecule has 3 rings (SSSR count). The van der Waals surface area contributed by atoms with Crippen LogP contribution in [0.2, 0.25) is 0 Å². The summed E-state index contributed by atoms with van der Waals surface area (Å²) in [5.41, 5.74) is 0.288. The van der Waals surface area contributed by atoms with Gasteiger partial charge in [-0.15, -0.1) is 0 Å². The number of nitrogens with zero attached hydrogens (tertiary/aromatic N) is 3. The van der Waals surface area contributed by atoms with Crippen molar-refractivity contribution in [3.05, 3.63) is 50.5 Å². The number of non-ortho nitro benzene ring substituents is 1. The van der Waals surface area contributed by atoms with Crippen LogP contribution in [0.3, 0.4) is 0 Å². The molecule has 152 valence electrons. The fraction of sp³-hybridized carbons (Fsp3) is 0.235. The Morgan fingerprint density at radius 1 is 1.45 bits per heavy atom. The molecule has 0 bridgehead atoms. The van der Waals surface area contributed by atoms with E-state index in [1.807, 2.05) is 0 Å². The minimum Gasteiger partial charge on any atom is -0.477 e. The van der Waals surface area contributed by atoms with E-state index in [2.05, 4.69) is 10.9 Å². The zero-order chi connectivity index (χ0) is 21.3. The second-order valence-electron chi connectivity index (χ2n) is 6.09. The highest BCUT2D eigenvalue weighted by molar-refractivity contribution is 8.16. The Hall–Kier alpha value is -2.99. The van der Waals surface area contributed by atoms with Crippen LogP contribution < -0.4 is 0 Å². The molecular formula is C17H15N3O7S2. The Kier molecular flexibility index (Phi) is 5.84. The number of carbonyl (C=O) groups is 3. The quantitative estimate of drug-likeness (QED) is 0.177. The smallest absolute Gasteiger partial charge is 0.353 e. The molecule has 12 heteroatoms. The third-order valence-corrected chi connectivity index (χ3v) is 6.98. The summed E-state index contributed by atoms with van der Waals surface area (Å²) < 4.78 is 4.83. The highest BCUT2D eigenvalue weighted by Gasteiger charge is 2.54. The van der Waals surface area contributed by atoms with Gasteiger partial charge in [-0.05, 0) is 17.7 Å². The van der Waals surface area contributed by atoms with E-state index in [1.54, 1.807) is 0 Å². The number of carboxylic acid groups (broad SMARTS) is 1. The third-order valence-electron chi connectivity index (χ3n) is 4.13. The highest BCUT2D eigenvalue weighted by Crippen LogP contribution is 2.47. The molecule has 1 fully saturated rings. The van der Waals surface area contributed by atoms with Crippen molar-refractivity contribution in [3.63, 3.8) is 0 Å². The fourth-order valence-corrected chi connectivity index (χ4v) is 5.69. The molecule has 0 aromatic heterocycles. The number of hydrogen-bond donors (Lipinski definition) is 1. The van der Waals surface area contributed by atoms with E-state index in [4.69, 9.17) is 4.18 Å². The number of benzene rings is 1. The van der Waals surface area contributed by atoms with E-state index in [0.717, 1.165) is 4.90 Å². The van der Waals surface area contributed by atoms with Crippen LogP contribution in [0.15, 0.2) is 39.9 Å². The van der Waals surface area contributed by atoms with Crippen molar-refractivity contribution in [3.8, 4) is 0 Å². The number of aliphatic carboxylic acids is 1. The number of nitro benzene ring substituents is 1. The summed E-state index contributed by atoms with van der Waals surface area (Å²) in [7, 11) is -0.660. The van der Waals surface area contributed by atoms with Gasteiger partial charge in [-0.25, -0.2) is 4.79 Å². The van der Waals surface area contributed by atoms with Crippen molar-refractivity contribution in [1.82, 2.24) is 4.90 Å². The summed E-state index contributed by atoms with van der Waals surface area (Å²) in [5, 5.41) is 19.7. The van der Waals surface area contributed by atoms with Crippen molar-refractivity contribution in [1.29, 1.82) is 0 Å². The molecule has 2 aliphatic rings. The zero-order valence-corrected chi connectivity index (χ0v) is 16.6. The summed E-state index contributed by atoms with van der Waals surface area (Å²) in [4.78, 5) is 51.2. The average Bonchev–Trinajstić information content (AvgIpc) is 2.66. The number of nitro groups is 1. The normalized spacial score (nSPS) is 23.6. The van der Waals surface area contributed by atoms with Crippen LogP contribution in [0.25, 0.3) is 0 Å². The number of carboxylic acids is 1. The van der Waals surface area contributed by atoms with E-state index in [9.17, 15) is 29.6 Å². The topological polar surface area (TPSA) is 139 Å². The van der Waals surface area contributed by atoms with Gasteiger partial charge in [-0.3, -0.25) is 29.6 Å². The van der Waals surface area contributed by atoms with E-state index in [0.29, 0.717) is 17.6 Å². The molecule has 1 unspecified atom stereocenters. The predicted octanol–water partition coefficient (Wildman–Crippen LogP) is 1.77. The summed E-state index contributed by atoms with van der Waals surface area (Å²) in [6.07, 6.45) is 1.42. The van der Waals surface area contributed by atoms with Gasteiger partial charge >= 0.3 is 11.9 Å². The number of carbonyl (C=O) groups excluding carboxylic acids is 2. The molecule has 1 aromatic rings. The van der Waals surface area contributed by atoms with Crippen molar-refractivity contribution in [2.45, 2.75) is 18.3 Å². The Labute approximate surface area is 171 Å². The first-order valence-corrected chi connectivity index (χ1v) is 10.5.